The van der Waals surface area contributed by atoms with E-state index in [4.69, 9.17) is 0 Å². The van der Waals surface area contributed by atoms with Crippen molar-refractivity contribution < 1.29 is 0 Å². The first kappa shape index (κ1) is 15.0. The molecule has 0 saturated carbocycles. The van der Waals surface area contributed by atoms with Gasteiger partial charge in [0.15, 0.2) is 0 Å². The molecule has 0 radical (unpaired) electrons. The molecule has 0 aromatic carbocycles. The third-order valence-corrected chi connectivity index (χ3v) is 3.85. The van der Waals surface area contributed by atoms with Crippen LogP contribution in [0.15, 0.2) is 30.0 Å². The van der Waals surface area contributed by atoms with Gasteiger partial charge in [0.2, 0.25) is 0 Å². The molecule has 0 unspecified atom stereocenters. The average molecular weight is 263 g/mol. The molecule has 0 bridgehead atoms. The van der Waals surface area contributed by atoms with Gasteiger partial charge in [-0.25, -0.2) is 0 Å². The Morgan fingerprint density at radius 2 is 2.11 bits per heavy atom. The highest BCUT2D eigenvalue weighted by molar-refractivity contribution is 7.12. The molecule has 1 aromatic rings. The van der Waals surface area contributed by atoms with Crippen LogP contribution in [-0.2, 0) is 0 Å². The van der Waals surface area contributed by atoms with Crippen LogP contribution in [0.3, 0.4) is 0 Å². The third-order valence-electron chi connectivity index (χ3n) is 2.88. The molecule has 0 aliphatic carbocycles. The van der Waals surface area contributed by atoms with Crippen LogP contribution >= 0.6 is 11.3 Å². The van der Waals surface area contributed by atoms with Crippen molar-refractivity contribution in [1.82, 2.24) is 4.90 Å². The first-order valence-corrected chi connectivity index (χ1v) is 7.64. The van der Waals surface area contributed by atoms with Gasteiger partial charge in [-0.2, -0.15) is 0 Å². The number of aryl methyl sites for hydroxylation is 1. The number of rotatable bonds is 7. The predicted molar refractivity (Wildman–Crippen MR) is 84.0 cm³/mol. The maximum Gasteiger partial charge on any atom is 0.0323 e. The Hall–Kier alpha value is -1.02. The van der Waals surface area contributed by atoms with E-state index in [1.165, 1.54) is 28.3 Å². The van der Waals surface area contributed by atoms with Gasteiger partial charge in [-0.1, -0.05) is 26.3 Å². The van der Waals surface area contributed by atoms with E-state index in [1.807, 2.05) is 11.3 Å². The van der Waals surface area contributed by atoms with Gasteiger partial charge in [0, 0.05) is 29.0 Å². The molecule has 1 aromatic heterocycles. The van der Waals surface area contributed by atoms with Crippen LogP contribution in [0.4, 0.5) is 0 Å². The van der Waals surface area contributed by atoms with Gasteiger partial charge in [0.1, 0.15) is 0 Å². The van der Waals surface area contributed by atoms with Gasteiger partial charge in [-0.15, -0.1) is 11.3 Å². The Bertz CT molecular complexity index is 401. The highest BCUT2D eigenvalue weighted by Crippen LogP contribution is 2.18. The van der Waals surface area contributed by atoms with Gasteiger partial charge in [-0.05, 0) is 44.1 Å². The fraction of sp³-hybridized carbons (Fsp3) is 0.500. The monoisotopic (exact) mass is 263 g/mol. The highest BCUT2D eigenvalue weighted by Gasteiger charge is 2.00. The zero-order chi connectivity index (χ0) is 13.4. The molecular formula is C16H25NS. The SMILES string of the molecule is CCC=C(C=Cc1ccc(C)s1)N(C)CCCC. The minimum Gasteiger partial charge on any atom is -0.375 e. The molecule has 2 heteroatoms. The van der Waals surface area contributed by atoms with Gasteiger partial charge in [0.05, 0.1) is 0 Å². The van der Waals surface area contributed by atoms with E-state index in [9.17, 15) is 0 Å². The Labute approximate surface area is 116 Å². The summed E-state index contributed by atoms with van der Waals surface area (Å²) >= 11 is 1.84. The Kier molecular flexibility index (Phi) is 6.81. The Morgan fingerprint density at radius 1 is 1.33 bits per heavy atom. The lowest BCUT2D eigenvalue weighted by atomic mass is 10.2. The molecule has 1 nitrogen and oxygen atoms in total. The molecule has 18 heavy (non-hydrogen) atoms. The van der Waals surface area contributed by atoms with Crippen LogP contribution in [0.2, 0.25) is 0 Å². The molecule has 0 aliphatic heterocycles. The molecule has 100 valence electrons. The molecule has 1 heterocycles. The van der Waals surface area contributed by atoms with Gasteiger partial charge in [-0.3, -0.25) is 0 Å². The largest absolute Gasteiger partial charge is 0.375 e. The minimum absolute atomic E-state index is 1.08. The molecule has 0 spiro atoms. The van der Waals surface area contributed by atoms with Crippen LogP contribution in [0, 0.1) is 6.92 Å². The third kappa shape index (κ3) is 5.09. The Balaban J connectivity index is 2.68. The van der Waals surface area contributed by atoms with Gasteiger partial charge in [0.25, 0.3) is 0 Å². The van der Waals surface area contributed by atoms with E-state index in [0.29, 0.717) is 0 Å². The number of thiophene rings is 1. The number of hydrogen-bond acceptors (Lipinski definition) is 2. The zero-order valence-electron chi connectivity index (χ0n) is 12.1. The molecule has 0 aliphatic rings. The number of unbranched alkanes of at least 4 members (excludes halogenated alkanes) is 1. The van der Waals surface area contributed by atoms with Crippen molar-refractivity contribution in [3.63, 3.8) is 0 Å². The van der Waals surface area contributed by atoms with Crippen molar-refractivity contribution in [1.29, 1.82) is 0 Å². The second kappa shape index (κ2) is 8.15. The zero-order valence-corrected chi connectivity index (χ0v) is 12.9. The van der Waals surface area contributed by atoms with E-state index >= 15 is 0 Å². The minimum atomic E-state index is 1.08. The summed E-state index contributed by atoms with van der Waals surface area (Å²) in [5.74, 6) is 0. The predicted octanol–water partition coefficient (Wildman–Crippen LogP) is 5.10. The van der Waals surface area contributed by atoms with Gasteiger partial charge >= 0.3 is 0 Å². The lowest BCUT2D eigenvalue weighted by molar-refractivity contribution is 0.417. The number of allylic oxidation sites excluding steroid dienone is 2. The van der Waals surface area contributed by atoms with Crippen LogP contribution in [0.25, 0.3) is 6.08 Å². The van der Waals surface area contributed by atoms with Crippen molar-refractivity contribution in [2.24, 2.45) is 0 Å². The lowest BCUT2D eigenvalue weighted by Crippen LogP contribution is -2.17. The molecule has 0 amide bonds. The summed E-state index contributed by atoms with van der Waals surface area (Å²) < 4.78 is 0. The summed E-state index contributed by atoms with van der Waals surface area (Å²) in [6.45, 7) is 7.71. The van der Waals surface area contributed by atoms with Crippen molar-refractivity contribution in [2.45, 2.75) is 40.0 Å². The van der Waals surface area contributed by atoms with Crippen LogP contribution in [0.5, 0.6) is 0 Å². The summed E-state index contributed by atoms with van der Waals surface area (Å²) in [5.41, 5.74) is 1.33. The molecule has 0 saturated heterocycles. The normalized spacial score (nSPS) is 12.3. The van der Waals surface area contributed by atoms with Crippen molar-refractivity contribution in [2.75, 3.05) is 13.6 Å². The second-order valence-electron chi connectivity index (χ2n) is 4.59. The number of likely N-dealkylation sites (N-methyl/N-ethyl adjacent to an activating group) is 1. The quantitative estimate of drug-likeness (QED) is 0.619. The maximum atomic E-state index is 2.35. The van der Waals surface area contributed by atoms with Crippen molar-refractivity contribution in [3.8, 4) is 0 Å². The van der Waals surface area contributed by atoms with E-state index in [1.54, 1.807) is 0 Å². The van der Waals surface area contributed by atoms with Crippen LogP contribution in [-0.4, -0.2) is 18.5 Å². The first-order chi connectivity index (χ1) is 8.67. The molecule has 1 rings (SSSR count). The number of hydrogen-bond donors (Lipinski definition) is 0. The summed E-state index contributed by atoms with van der Waals surface area (Å²) in [7, 11) is 2.18. The van der Waals surface area contributed by atoms with Gasteiger partial charge < -0.3 is 4.90 Å². The molecule has 0 atom stereocenters. The summed E-state index contributed by atoms with van der Waals surface area (Å²) in [6, 6.07) is 4.36. The van der Waals surface area contributed by atoms with Crippen molar-refractivity contribution in [3.05, 3.63) is 39.7 Å². The fourth-order valence-electron chi connectivity index (χ4n) is 1.80. The summed E-state index contributed by atoms with van der Waals surface area (Å²) in [5, 5.41) is 0. The lowest BCUT2D eigenvalue weighted by Gasteiger charge is -2.20. The van der Waals surface area contributed by atoms with Crippen molar-refractivity contribution >= 4 is 17.4 Å². The smallest absolute Gasteiger partial charge is 0.0323 e. The fourth-order valence-corrected chi connectivity index (χ4v) is 2.58. The standard InChI is InChI=1S/C16H25NS/c1-5-7-13-17(4)15(8-6-2)10-12-16-11-9-14(3)18-16/h8-12H,5-7,13H2,1-4H3. The van der Waals surface area contributed by atoms with E-state index in [-0.39, 0.29) is 0 Å². The molecule has 0 N–H and O–H groups in total. The summed E-state index contributed by atoms with van der Waals surface area (Å²) in [4.78, 5) is 5.05. The maximum absolute atomic E-state index is 2.35. The van der Waals surface area contributed by atoms with Crippen LogP contribution in [0.1, 0.15) is 42.9 Å². The highest BCUT2D eigenvalue weighted by atomic mass is 32.1. The average Bonchev–Trinajstić information content (AvgIpc) is 2.77. The summed E-state index contributed by atoms with van der Waals surface area (Å²) in [6.07, 6.45) is 10.3. The second-order valence-corrected chi connectivity index (χ2v) is 5.91. The molecule has 0 fully saturated rings. The van der Waals surface area contributed by atoms with E-state index in [0.717, 1.165) is 13.0 Å². The molecular weight excluding hydrogens is 238 g/mol. The first-order valence-electron chi connectivity index (χ1n) is 6.83. The van der Waals surface area contributed by atoms with Crippen LogP contribution < -0.4 is 0 Å². The van der Waals surface area contributed by atoms with E-state index in [2.05, 4.69) is 63.1 Å². The Morgan fingerprint density at radius 3 is 2.67 bits per heavy atom. The number of nitrogens with zero attached hydrogens (tertiary/aromatic N) is 1. The topological polar surface area (TPSA) is 3.24 Å². The van der Waals surface area contributed by atoms with E-state index < -0.39 is 0 Å².